The minimum Gasteiger partial charge on any atom is -0.492 e. The number of thioether (sulfide) groups is 1. The number of aliphatic imine (C=N–C) groups is 1. The van der Waals surface area contributed by atoms with Crippen LogP contribution in [-0.4, -0.2) is 65.2 Å². The molecule has 0 fully saturated rings. The van der Waals surface area contributed by atoms with Crippen LogP contribution in [0.5, 0.6) is 5.75 Å². The molecule has 0 atom stereocenters. The van der Waals surface area contributed by atoms with Crippen LogP contribution in [-0.2, 0) is 13.0 Å². The maximum absolute atomic E-state index is 5.80. The number of likely N-dealkylation sites (N-methyl/N-ethyl adjacent to an activating group) is 1. The highest BCUT2D eigenvalue weighted by Gasteiger charge is 2.12. The number of nitrogens with zero attached hydrogens (tertiary/aromatic N) is 5. The molecule has 1 heterocycles. The molecule has 166 valence electrons. The average molecular weight is 433 g/mol. The van der Waals surface area contributed by atoms with Crippen molar-refractivity contribution in [3.05, 3.63) is 36.2 Å². The molecular weight excluding hydrogens is 396 g/mol. The van der Waals surface area contributed by atoms with Crippen LogP contribution >= 0.6 is 11.8 Å². The van der Waals surface area contributed by atoms with E-state index in [1.54, 1.807) is 11.8 Å². The molecule has 0 amide bonds. The van der Waals surface area contributed by atoms with Gasteiger partial charge in [-0.2, -0.15) is 0 Å². The fourth-order valence-electron chi connectivity index (χ4n) is 3.02. The molecule has 0 spiro atoms. The lowest BCUT2D eigenvalue weighted by Crippen LogP contribution is -2.41. The number of aryl methyl sites for hydroxylation is 1. The van der Waals surface area contributed by atoms with Crippen LogP contribution in [0.25, 0.3) is 0 Å². The first kappa shape index (κ1) is 24.1. The first-order chi connectivity index (χ1) is 14.5. The van der Waals surface area contributed by atoms with E-state index in [2.05, 4.69) is 52.0 Å². The van der Waals surface area contributed by atoms with Crippen molar-refractivity contribution in [2.45, 2.75) is 45.3 Å². The molecule has 0 aliphatic heterocycles. The predicted octanol–water partition coefficient (Wildman–Crippen LogP) is 3.56. The Bertz CT molecular complexity index is 762. The van der Waals surface area contributed by atoms with Crippen molar-refractivity contribution in [1.29, 1.82) is 0 Å². The van der Waals surface area contributed by atoms with E-state index < -0.39 is 0 Å². The van der Waals surface area contributed by atoms with E-state index in [1.807, 2.05) is 37.4 Å². The molecule has 0 saturated carbocycles. The van der Waals surface area contributed by atoms with Gasteiger partial charge in [-0.15, -0.1) is 10.2 Å². The smallest absolute Gasteiger partial charge is 0.193 e. The van der Waals surface area contributed by atoms with Crippen LogP contribution in [0.3, 0.4) is 0 Å². The van der Waals surface area contributed by atoms with Gasteiger partial charge in [0.15, 0.2) is 11.1 Å². The monoisotopic (exact) mass is 432 g/mol. The molecule has 0 bridgehead atoms. The van der Waals surface area contributed by atoms with E-state index in [0.717, 1.165) is 61.7 Å². The number of benzene rings is 1. The molecule has 0 radical (unpaired) electrons. The lowest BCUT2D eigenvalue weighted by Gasteiger charge is -2.22. The Morgan fingerprint density at radius 2 is 2.03 bits per heavy atom. The summed E-state index contributed by atoms with van der Waals surface area (Å²) in [5, 5.41) is 13.1. The van der Waals surface area contributed by atoms with Crippen LogP contribution in [0.1, 0.15) is 33.0 Å². The Hall–Kier alpha value is -2.22. The average Bonchev–Trinajstić information content (AvgIpc) is 3.11. The lowest BCUT2D eigenvalue weighted by molar-refractivity contribution is 0.281. The van der Waals surface area contributed by atoms with E-state index in [0.29, 0.717) is 12.5 Å². The zero-order chi connectivity index (χ0) is 21.8. The van der Waals surface area contributed by atoms with E-state index in [4.69, 9.17) is 9.73 Å². The van der Waals surface area contributed by atoms with Gasteiger partial charge in [-0.3, -0.25) is 4.99 Å². The number of hydrogen-bond acceptors (Lipinski definition) is 5. The van der Waals surface area contributed by atoms with Gasteiger partial charge in [0.2, 0.25) is 0 Å². The van der Waals surface area contributed by atoms with Crippen LogP contribution < -0.4 is 10.1 Å². The van der Waals surface area contributed by atoms with Gasteiger partial charge in [0.1, 0.15) is 18.2 Å². The fraction of sp³-hybridized carbons (Fsp3) is 0.591. The normalized spacial score (nSPS) is 11.7. The molecule has 2 aromatic rings. The number of hydrogen-bond donors (Lipinski definition) is 1. The number of nitrogens with one attached hydrogen (secondary N) is 1. The highest BCUT2D eigenvalue weighted by Crippen LogP contribution is 2.16. The standard InChI is InChI=1S/C22H36N6OS/c1-6-23-21(27(4)15-16-29-19-11-8-7-9-12-19)24-14-10-13-20-25-26-22(30-5)28(20)17-18(2)3/h7-9,11-12,18H,6,10,13-17H2,1-5H3,(H,23,24). The minimum absolute atomic E-state index is 0.566. The van der Waals surface area contributed by atoms with E-state index in [9.17, 15) is 0 Å². The largest absolute Gasteiger partial charge is 0.492 e. The van der Waals surface area contributed by atoms with Crippen LogP contribution in [0.2, 0.25) is 0 Å². The summed E-state index contributed by atoms with van der Waals surface area (Å²) in [6.45, 7) is 10.4. The number of para-hydroxylation sites is 1. The van der Waals surface area contributed by atoms with Crippen molar-refractivity contribution in [3.8, 4) is 5.75 Å². The third-order valence-corrected chi connectivity index (χ3v) is 5.15. The van der Waals surface area contributed by atoms with Gasteiger partial charge in [-0.05, 0) is 37.7 Å². The number of ether oxygens (including phenoxy) is 1. The van der Waals surface area contributed by atoms with Crippen LogP contribution in [0.4, 0.5) is 0 Å². The molecular formula is C22H36N6OS. The summed E-state index contributed by atoms with van der Waals surface area (Å²) in [4.78, 5) is 6.90. The molecule has 1 aromatic heterocycles. The molecule has 0 aliphatic rings. The fourth-order valence-corrected chi connectivity index (χ4v) is 3.54. The van der Waals surface area contributed by atoms with E-state index in [-0.39, 0.29) is 0 Å². The molecule has 2 rings (SSSR count). The number of rotatable bonds is 12. The number of aromatic nitrogens is 3. The second-order valence-electron chi connectivity index (χ2n) is 7.53. The number of guanidine groups is 1. The summed E-state index contributed by atoms with van der Waals surface area (Å²) in [5.41, 5.74) is 0. The summed E-state index contributed by atoms with van der Waals surface area (Å²) in [6.07, 6.45) is 3.87. The van der Waals surface area contributed by atoms with Gasteiger partial charge in [0.25, 0.3) is 0 Å². The summed E-state index contributed by atoms with van der Waals surface area (Å²) >= 11 is 1.65. The van der Waals surface area contributed by atoms with Crippen molar-refractivity contribution in [3.63, 3.8) is 0 Å². The lowest BCUT2D eigenvalue weighted by atomic mass is 10.2. The first-order valence-corrected chi connectivity index (χ1v) is 11.9. The summed E-state index contributed by atoms with van der Waals surface area (Å²) in [5.74, 6) is 3.42. The summed E-state index contributed by atoms with van der Waals surface area (Å²) in [7, 11) is 2.04. The quantitative estimate of drug-likeness (QED) is 0.239. The Morgan fingerprint density at radius 3 is 2.70 bits per heavy atom. The molecule has 30 heavy (non-hydrogen) atoms. The van der Waals surface area contributed by atoms with Crippen molar-refractivity contribution in [2.24, 2.45) is 10.9 Å². The van der Waals surface area contributed by atoms with Gasteiger partial charge in [-0.1, -0.05) is 43.8 Å². The predicted molar refractivity (Wildman–Crippen MR) is 126 cm³/mol. The molecule has 0 saturated heterocycles. The Kier molecular flexibility index (Phi) is 10.5. The van der Waals surface area contributed by atoms with Gasteiger partial charge in [0.05, 0.1) is 6.54 Å². The Labute approximate surface area is 185 Å². The minimum atomic E-state index is 0.566. The third kappa shape index (κ3) is 7.89. The van der Waals surface area contributed by atoms with Crippen LogP contribution in [0.15, 0.2) is 40.5 Å². The van der Waals surface area contributed by atoms with Crippen molar-refractivity contribution < 1.29 is 4.74 Å². The van der Waals surface area contributed by atoms with E-state index >= 15 is 0 Å². The second-order valence-corrected chi connectivity index (χ2v) is 8.30. The zero-order valence-corrected chi connectivity index (χ0v) is 19.8. The first-order valence-electron chi connectivity index (χ1n) is 10.7. The van der Waals surface area contributed by atoms with Gasteiger partial charge < -0.3 is 19.5 Å². The molecule has 7 nitrogen and oxygen atoms in total. The molecule has 0 aliphatic carbocycles. The molecule has 8 heteroatoms. The molecule has 1 N–H and O–H groups in total. The SMILES string of the molecule is CCNC(=NCCCc1nnc(SC)n1CC(C)C)N(C)CCOc1ccccc1. The maximum Gasteiger partial charge on any atom is 0.193 e. The topological polar surface area (TPSA) is 67.6 Å². The maximum atomic E-state index is 5.80. The summed E-state index contributed by atoms with van der Waals surface area (Å²) in [6, 6.07) is 9.89. The Balaban J connectivity index is 1.84. The molecule has 0 unspecified atom stereocenters. The van der Waals surface area contributed by atoms with Gasteiger partial charge in [0, 0.05) is 33.1 Å². The van der Waals surface area contributed by atoms with Crippen molar-refractivity contribution >= 4 is 17.7 Å². The van der Waals surface area contributed by atoms with Crippen molar-refractivity contribution in [1.82, 2.24) is 25.0 Å². The van der Waals surface area contributed by atoms with Gasteiger partial charge in [-0.25, -0.2) is 0 Å². The molecule has 1 aromatic carbocycles. The van der Waals surface area contributed by atoms with Gasteiger partial charge >= 0.3 is 0 Å². The van der Waals surface area contributed by atoms with Crippen LogP contribution in [0, 0.1) is 5.92 Å². The highest BCUT2D eigenvalue weighted by atomic mass is 32.2. The zero-order valence-electron chi connectivity index (χ0n) is 19.0. The summed E-state index contributed by atoms with van der Waals surface area (Å²) < 4.78 is 8.05. The third-order valence-electron chi connectivity index (χ3n) is 4.48. The highest BCUT2D eigenvalue weighted by molar-refractivity contribution is 7.98. The van der Waals surface area contributed by atoms with E-state index in [1.165, 1.54) is 0 Å². The van der Waals surface area contributed by atoms with Crippen molar-refractivity contribution in [2.75, 3.05) is 39.5 Å². The second kappa shape index (κ2) is 13.2. The Morgan fingerprint density at radius 1 is 1.27 bits per heavy atom.